The molecule has 0 unspecified atom stereocenters. The van der Waals surface area contributed by atoms with Crippen molar-refractivity contribution in [1.29, 1.82) is 0 Å². The van der Waals surface area contributed by atoms with Crippen molar-refractivity contribution < 1.29 is 9.59 Å². The third-order valence-electron chi connectivity index (χ3n) is 6.79. The van der Waals surface area contributed by atoms with Crippen LogP contribution >= 0.6 is 0 Å². The van der Waals surface area contributed by atoms with E-state index in [2.05, 4.69) is 28.8 Å². The van der Waals surface area contributed by atoms with Gasteiger partial charge in [-0.05, 0) is 37.1 Å². The van der Waals surface area contributed by atoms with E-state index >= 15 is 0 Å². The van der Waals surface area contributed by atoms with Gasteiger partial charge >= 0.3 is 6.03 Å². The molecule has 0 fully saturated rings. The average Bonchev–Trinajstić information content (AvgIpc) is 3.57. The van der Waals surface area contributed by atoms with Crippen molar-refractivity contribution in [3.05, 3.63) is 84.6 Å². The lowest BCUT2D eigenvalue weighted by molar-refractivity contribution is 0.104. The average molecular weight is 494 g/mol. The summed E-state index contributed by atoms with van der Waals surface area (Å²) in [6.45, 7) is 5.72. The number of benzene rings is 1. The van der Waals surface area contributed by atoms with Gasteiger partial charge in [0.15, 0.2) is 5.78 Å². The molecule has 0 aliphatic carbocycles. The molecule has 5 rings (SSSR count). The Morgan fingerprint density at radius 2 is 1.73 bits per heavy atom. The number of aromatic amines is 1. The van der Waals surface area contributed by atoms with Crippen LogP contribution < -0.4 is 0 Å². The van der Waals surface area contributed by atoms with Crippen molar-refractivity contribution in [1.82, 2.24) is 24.4 Å². The van der Waals surface area contributed by atoms with Crippen LogP contribution in [0.3, 0.4) is 0 Å². The summed E-state index contributed by atoms with van der Waals surface area (Å²) >= 11 is 0. The van der Waals surface area contributed by atoms with Gasteiger partial charge in [-0.2, -0.15) is 0 Å². The molecule has 7 nitrogen and oxygen atoms in total. The van der Waals surface area contributed by atoms with Gasteiger partial charge in [0.25, 0.3) is 0 Å². The third-order valence-corrected chi connectivity index (χ3v) is 6.79. The van der Waals surface area contributed by atoms with Crippen LogP contribution in [0.25, 0.3) is 33.1 Å². The second kappa shape index (κ2) is 10.8. The number of ketones is 1. The van der Waals surface area contributed by atoms with Gasteiger partial charge in [-0.3, -0.25) is 14.3 Å². The van der Waals surface area contributed by atoms with E-state index in [1.165, 1.54) is 0 Å². The Kier molecular flexibility index (Phi) is 7.12. The predicted molar refractivity (Wildman–Crippen MR) is 147 cm³/mol. The monoisotopic (exact) mass is 493 g/mol. The zero-order valence-corrected chi connectivity index (χ0v) is 21.3. The number of carbonyl (C=O) groups excluding carboxylic acids is 2. The summed E-state index contributed by atoms with van der Waals surface area (Å²) in [7, 11) is 0. The van der Waals surface area contributed by atoms with Crippen molar-refractivity contribution in [2.45, 2.75) is 39.5 Å². The molecule has 0 aliphatic heterocycles. The van der Waals surface area contributed by atoms with E-state index in [1.54, 1.807) is 35.6 Å². The maximum absolute atomic E-state index is 13.8. The van der Waals surface area contributed by atoms with Crippen LogP contribution in [0.15, 0.2) is 73.4 Å². The third kappa shape index (κ3) is 4.77. The number of nitrogens with one attached hydrogen (secondary N) is 1. The van der Waals surface area contributed by atoms with Crippen molar-refractivity contribution in [3.8, 4) is 11.1 Å². The Bertz CT molecular complexity index is 1540. The highest BCUT2D eigenvalue weighted by Gasteiger charge is 2.21. The molecule has 5 aromatic rings. The molecular formula is C30H31N5O2. The van der Waals surface area contributed by atoms with Crippen molar-refractivity contribution >= 4 is 33.8 Å². The summed E-state index contributed by atoms with van der Waals surface area (Å²) in [6, 6.07) is 13.2. The number of carbonyl (C=O) groups is 2. The smallest absolute Gasteiger partial charge is 0.328 e. The second-order valence-corrected chi connectivity index (χ2v) is 9.29. The number of rotatable bonds is 9. The molecule has 1 amide bonds. The molecule has 7 heteroatoms. The van der Waals surface area contributed by atoms with Crippen molar-refractivity contribution in [2.75, 3.05) is 13.1 Å². The molecule has 188 valence electrons. The van der Waals surface area contributed by atoms with Crippen LogP contribution in [0, 0.1) is 0 Å². The van der Waals surface area contributed by atoms with Gasteiger partial charge in [0.1, 0.15) is 5.65 Å². The first-order chi connectivity index (χ1) is 18.1. The Morgan fingerprint density at radius 1 is 0.919 bits per heavy atom. The number of H-pyrrole nitrogens is 1. The van der Waals surface area contributed by atoms with Crippen LogP contribution in [0.1, 0.15) is 55.5 Å². The number of unbranched alkanes of at least 4 members (excludes halogenated alkanes) is 2. The minimum Gasteiger partial charge on any atom is -0.345 e. The van der Waals surface area contributed by atoms with Crippen LogP contribution in [0.2, 0.25) is 0 Å². The first-order valence-electron chi connectivity index (χ1n) is 12.9. The normalized spacial score (nSPS) is 11.3. The standard InChI is InChI=1S/C30H31N5O2/c1-3-5-14-34(15-6-4-2)30(37)35-16-12-23-24(10-7-11-27(23)35)28(36)26-20-33-29-25(26)17-22(19-32-29)21-9-8-13-31-18-21/h7-13,16-20H,3-6,14-15H2,1-2H3,(H,32,33). The molecule has 4 heterocycles. The maximum atomic E-state index is 13.8. The number of aromatic nitrogens is 4. The summed E-state index contributed by atoms with van der Waals surface area (Å²) in [6.07, 6.45) is 12.8. The lowest BCUT2D eigenvalue weighted by atomic mass is 9.99. The fourth-order valence-corrected chi connectivity index (χ4v) is 4.71. The topological polar surface area (TPSA) is 83.9 Å². The Hall–Kier alpha value is -4.26. The molecule has 0 radical (unpaired) electrons. The maximum Gasteiger partial charge on any atom is 0.328 e. The Balaban J connectivity index is 1.51. The zero-order chi connectivity index (χ0) is 25.8. The van der Waals surface area contributed by atoms with E-state index in [0.717, 1.165) is 66.2 Å². The van der Waals surface area contributed by atoms with Gasteiger partial charge in [0.05, 0.1) is 5.52 Å². The molecule has 0 atom stereocenters. The van der Waals surface area contributed by atoms with E-state index in [4.69, 9.17) is 0 Å². The largest absolute Gasteiger partial charge is 0.345 e. The zero-order valence-electron chi connectivity index (χ0n) is 21.3. The van der Waals surface area contributed by atoms with Crippen LogP contribution in [-0.4, -0.2) is 49.3 Å². The molecule has 1 N–H and O–H groups in total. The minimum absolute atomic E-state index is 0.0427. The molecular weight excluding hydrogens is 462 g/mol. The predicted octanol–water partition coefficient (Wildman–Crippen LogP) is 6.68. The molecule has 0 saturated heterocycles. The van der Waals surface area contributed by atoms with Gasteiger partial charge in [-0.25, -0.2) is 9.78 Å². The van der Waals surface area contributed by atoms with Crippen molar-refractivity contribution in [2.24, 2.45) is 0 Å². The first kappa shape index (κ1) is 24.4. The lowest BCUT2D eigenvalue weighted by Gasteiger charge is -2.23. The molecule has 4 aromatic heterocycles. The van der Waals surface area contributed by atoms with Gasteiger partial charge in [-0.15, -0.1) is 0 Å². The number of fused-ring (bicyclic) bond motifs is 2. The summed E-state index contributed by atoms with van der Waals surface area (Å²) < 4.78 is 1.68. The minimum atomic E-state index is -0.110. The fraction of sp³-hybridized carbons (Fsp3) is 0.267. The van der Waals surface area contributed by atoms with Gasteiger partial charge in [0.2, 0.25) is 0 Å². The number of nitrogens with zero attached hydrogens (tertiary/aromatic N) is 4. The highest BCUT2D eigenvalue weighted by molar-refractivity contribution is 6.21. The van der Waals surface area contributed by atoms with Crippen LogP contribution in [0.5, 0.6) is 0 Å². The summed E-state index contributed by atoms with van der Waals surface area (Å²) in [4.78, 5) is 41.1. The lowest BCUT2D eigenvalue weighted by Crippen LogP contribution is -2.36. The summed E-state index contributed by atoms with van der Waals surface area (Å²) in [5, 5.41) is 1.52. The number of pyridine rings is 2. The highest BCUT2D eigenvalue weighted by atomic mass is 16.2. The summed E-state index contributed by atoms with van der Waals surface area (Å²) in [5.41, 5.74) is 4.33. The Labute approximate surface area is 216 Å². The second-order valence-electron chi connectivity index (χ2n) is 9.29. The number of amides is 1. The highest BCUT2D eigenvalue weighted by Crippen LogP contribution is 2.28. The molecule has 0 aliphatic rings. The quantitative estimate of drug-likeness (QED) is 0.232. The van der Waals surface area contributed by atoms with E-state index in [9.17, 15) is 9.59 Å². The number of hydrogen-bond acceptors (Lipinski definition) is 4. The SMILES string of the molecule is CCCCN(CCCC)C(=O)n1ccc2c(C(=O)c3c[nH]c4ncc(-c5cccnc5)cc34)cccc21. The number of hydrogen-bond donors (Lipinski definition) is 1. The Morgan fingerprint density at radius 3 is 2.46 bits per heavy atom. The molecule has 0 bridgehead atoms. The molecule has 1 aromatic carbocycles. The van der Waals surface area contributed by atoms with Gasteiger partial charge < -0.3 is 9.88 Å². The van der Waals surface area contributed by atoms with E-state index in [0.29, 0.717) is 16.8 Å². The van der Waals surface area contributed by atoms with E-state index in [-0.39, 0.29) is 11.8 Å². The molecule has 0 saturated carbocycles. The van der Waals surface area contributed by atoms with Crippen molar-refractivity contribution in [3.63, 3.8) is 0 Å². The fourth-order valence-electron chi connectivity index (χ4n) is 4.71. The van der Waals surface area contributed by atoms with Gasteiger partial charge in [-0.1, -0.05) is 44.9 Å². The van der Waals surface area contributed by atoms with Gasteiger partial charge in [0, 0.05) is 77.1 Å². The van der Waals surface area contributed by atoms with Crippen LogP contribution in [0.4, 0.5) is 4.79 Å². The van der Waals surface area contributed by atoms with E-state index < -0.39 is 0 Å². The summed E-state index contributed by atoms with van der Waals surface area (Å²) in [5.74, 6) is -0.110. The molecule has 37 heavy (non-hydrogen) atoms. The van der Waals surface area contributed by atoms with E-state index in [1.807, 2.05) is 47.4 Å². The molecule has 0 spiro atoms. The van der Waals surface area contributed by atoms with Crippen LogP contribution in [-0.2, 0) is 0 Å². The first-order valence-corrected chi connectivity index (χ1v) is 12.9.